The van der Waals surface area contributed by atoms with E-state index >= 15 is 0 Å². The fourth-order valence-electron chi connectivity index (χ4n) is 2.64. The highest BCUT2D eigenvalue weighted by molar-refractivity contribution is 7.99. The van der Waals surface area contributed by atoms with Crippen LogP contribution in [0.2, 0.25) is 12.6 Å². The summed E-state index contributed by atoms with van der Waals surface area (Å²) in [7, 11) is -1.89. The number of rotatable bonds is 10. The first-order valence-electron chi connectivity index (χ1n) is 8.78. The molecule has 21 heavy (non-hydrogen) atoms. The van der Waals surface area contributed by atoms with E-state index in [4.69, 9.17) is 8.85 Å². The van der Waals surface area contributed by atoms with Crippen molar-refractivity contribution in [1.29, 1.82) is 0 Å². The van der Waals surface area contributed by atoms with Crippen molar-refractivity contribution in [3.05, 3.63) is 0 Å². The van der Waals surface area contributed by atoms with E-state index in [1.165, 1.54) is 51.7 Å². The maximum absolute atomic E-state index is 6.09. The monoisotopic (exact) mass is 333 g/mol. The average Bonchev–Trinajstić information content (AvgIpc) is 2.46. The molecular formula is C16H35NO2SSi. The van der Waals surface area contributed by atoms with Crippen LogP contribution in [0.5, 0.6) is 0 Å². The van der Waals surface area contributed by atoms with Crippen molar-refractivity contribution in [2.75, 3.05) is 44.4 Å². The topological polar surface area (TPSA) is 21.7 Å². The summed E-state index contributed by atoms with van der Waals surface area (Å²) in [5, 5.41) is 0. The first-order chi connectivity index (χ1) is 10.2. The smallest absolute Gasteiger partial charge is 0.335 e. The summed E-state index contributed by atoms with van der Waals surface area (Å²) in [5.41, 5.74) is 0. The summed E-state index contributed by atoms with van der Waals surface area (Å²) in [6.07, 6.45) is 6.45. The number of nitrogens with zero attached hydrogens (tertiary/aromatic N) is 1. The van der Waals surface area contributed by atoms with Crippen LogP contribution in [0, 0.1) is 0 Å². The standard InChI is InChI=1S/C16H35NO2SSi/c1-4-6-9-17(10-7-5-2)11-8-16-21(3)18-12-14-20-15-13-19-21/h4-16H2,1-3H3. The molecule has 1 aliphatic heterocycles. The lowest BCUT2D eigenvalue weighted by Crippen LogP contribution is -2.42. The van der Waals surface area contributed by atoms with Crippen molar-refractivity contribution in [1.82, 2.24) is 4.90 Å². The lowest BCUT2D eigenvalue weighted by Gasteiger charge is -2.30. The van der Waals surface area contributed by atoms with Crippen LogP contribution in [0.4, 0.5) is 0 Å². The number of thioether (sulfide) groups is 1. The van der Waals surface area contributed by atoms with E-state index in [2.05, 4.69) is 25.3 Å². The molecule has 0 aromatic rings. The zero-order chi connectivity index (χ0) is 15.4. The van der Waals surface area contributed by atoms with E-state index in [1.54, 1.807) is 0 Å². The second-order valence-corrected chi connectivity index (χ2v) is 10.7. The predicted molar refractivity (Wildman–Crippen MR) is 96.5 cm³/mol. The summed E-state index contributed by atoms with van der Waals surface area (Å²) in [4.78, 5) is 2.64. The van der Waals surface area contributed by atoms with Crippen LogP contribution in [-0.4, -0.2) is 57.8 Å². The Balaban J connectivity index is 2.28. The summed E-state index contributed by atoms with van der Waals surface area (Å²) in [6.45, 7) is 12.3. The zero-order valence-electron chi connectivity index (χ0n) is 14.4. The van der Waals surface area contributed by atoms with Gasteiger partial charge in [-0.05, 0) is 51.5 Å². The van der Waals surface area contributed by atoms with Crippen LogP contribution in [0.1, 0.15) is 46.0 Å². The second kappa shape index (κ2) is 11.9. The molecule has 0 amide bonds. The minimum Gasteiger partial charge on any atom is -0.393 e. The Morgan fingerprint density at radius 2 is 1.43 bits per heavy atom. The normalized spacial score (nSPS) is 19.4. The van der Waals surface area contributed by atoms with Gasteiger partial charge in [-0.2, -0.15) is 11.8 Å². The predicted octanol–water partition coefficient (Wildman–Crippen LogP) is 4.13. The van der Waals surface area contributed by atoms with E-state index in [-0.39, 0.29) is 0 Å². The van der Waals surface area contributed by atoms with Gasteiger partial charge in [-0.15, -0.1) is 0 Å². The Hall–Kier alpha value is 0.447. The largest absolute Gasteiger partial charge is 0.393 e. The minimum atomic E-state index is -1.89. The van der Waals surface area contributed by atoms with Gasteiger partial charge in [-0.25, -0.2) is 0 Å². The Morgan fingerprint density at radius 1 is 0.905 bits per heavy atom. The lowest BCUT2D eigenvalue weighted by atomic mass is 10.2. The SMILES string of the molecule is CCCCN(CCCC)CCC[Si]1(C)OCCSCCO1. The second-order valence-electron chi connectivity index (χ2n) is 6.10. The fourth-order valence-corrected chi connectivity index (χ4v) is 5.79. The van der Waals surface area contributed by atoms with Gasteiger partial charge in [0, 0.05) is 24.7 Å². The third kappa shape index (κ3) is 9.24. The molecule has 0 N–H and O–H groups in total. The minimum absolute atomic E-state index is 0.878. The van der Waals surface area contributed by atoms with Crippen molar-refractivity contribution >= 4 is 20.3 Å². The highest BCUT2D eigenvalue weighted by Crippen LogP contribution is 2.20. The Morgan fingerprint density at radius 3 is 1.95 bits per heavy atom. The van der Waals surface area contributed by atoms with Crippen LogP contribution < -0.4 is 0 Å². The molecular weight excluding hydrogens is 298 g/mol. The average molecular weight is 334 g/mol. The van der Waals surface area contributed by atoms with E-state index in [0.717, 1.165) is 30.8 Å². The van der Waals surface area contributed by atoms with Crippen molar-refractivity contribution in [2.45, 2.75) is 58.5 Å². The molecule has 1 heterocycles. The molecule has 0 aromatic carbocycles. The molecule has 0 unspecified atom stereocenters. The van der Waals surface area contributed by atoms with Crippen molar-refractivity contribution in [3.8, 4) is 0 Å². The molecule has 0 spiro atoms. The van der Waals surface area contributed by atoms with Gasteiger partial charge in [0.1, 0.15) is 0 Å². The maximum Gasteiger partial charge on any atom is 0.335 e. The first kappa shape index (κ1) is 19.5. The Bertz CT molecular complexity index is 240. The molecule has 0 atom stereocenters. The van der Waals surface area contributed by atoms with Crippen LogP contribution >= 0.6 is 11.8 Å². The molecule has 0 aromatic heterocycles. The summed E-state index contributed by atoms with van der Waals surface area (Å²) >= 11 is 1.94. The molecule has 5 heteroatoms. The van der Waals surface area contributed by atoms with Gasteiger partial charge in [0.05, 0.1) is 0 Å². The van der Waals surface area contributed by atoms with Crippen molar-refractivity contribution < 1.29 is 8.85 Å². The molecule has 0 saturated carbocycles. The first-order valence-corrected chi connectivity index (χ1v) is 12.5. The van der Waals surface area contributed by atoms with Gasteiger partial charge in [-0.3, -0.25) is 0 Å². The maximum atomic E-state index is 6.09. The molecule has 0 aliphatic carbocycles. The number of hydrogen-bond acceptors (Lipinski definition) is 4. The Labute approximate surface area is 137 Å². The number of hydrogen-bond donors (Lipinski definition) is 0. The van der Waals surface area contributed by atoms with E-state index in [9.17, 15) is 0 Å². The van der Waals surface area contributed by atoms with Gasteiger partial charge in [-0.1, -0.05) is 26.7 Å². The molecule has 126 valence electrons. The Kier molecular flexibility index (Phi) is 11.1. The van der Waals surface area contributed by atoms with E-state index in [0.29, 0.717) is 0 Å². The van der Waals surface area contributed by atoms with Gasteiger partial charge in [0.25, 0.3) is 0 Å². The molecule has 1 saturated heterocycles. The van der Waals surface area contributed by atoms with Crippen molar-refractivity contribution in [2.24, 2.45) is 0 Å². The van der Waals surface area contributed by atoms with Gasteiger partial charge < -0.3 is 13.8 Å². The third-order valence-corrected chi connectivity index (χ3v) is 7.83. The fraction of sp³-hybridized carbons (Fsp3) is 1.00. The summed E-state index contributed by atoms with van der Waals surface area (Å²) < 4.78 is 12.2. The highest BCUT2D eigenvalue weighted by atomic mass is 32.2. The summed E-state index contributed by atoms with van der Waals surface area (Å²) in [6, 6.07) is 1.15. The third-order valence-electron chi connectivity index (χ3n) is 4.03. The molecule has 1 fully saturated rings. The molecule has 1 aliphatic rings. The summed E-state index contributed by atoms with van der Waals surface area (Å²) in [5.74, 6) is 2.26. The zero-order valence-corrected chi connectivity index (χ0v) is 16.2. The molecule has 0 radical (unpaired) electrons. The number of unbranched alkanes of at least 4 members (excludes halogenated alkanes) is 2. The quantitative estimate of drug-likeness (QED) is 0.560. The lowest BCUT2D eigenvalue weighted by molar-refractivity contribution is 0.184. The molecule has 3 nitrogen and oxygen atoms in total. The molecule has 1 rings (SSSR count). The van der Waals surface area contributed by atoms with Crippen LogP contribution in [0.15, 0.2) is 0 Å². The van der Waals surface area contributed by atoms with Gasteiger partial charge in [0.2, 0.25) is 0 Å². The van der Waals surface area contributed by atoms with E-state index in [1.807, 2.05) is 11.8 Å². The van der Waals surface area contributed by atoms with Crippen LogP contribution in [0.25, 0.3) is 0 Å². The van der Waals surface area contributed by atoms with Gasteiger partial charge >= 0.3 is 8.56 Å². The van der Waals surface area contributed by atoms with E-state index < -0.39 is 8.56 Å². The molecule has 0 bridgehead atoms. The highest BCUT2D eigenvalue weighted by Gasteiger charge is 2.31. The van der Waals surface area contributed by atoms with Crippen LogP contribution in [0.3, 0.4) is 0 Å². The van der Waals surface area contributed by atoms with Crippen LogP contribution in [-0.2, 0) is 8.85 Å². The van der Waals surface area contributed by atoms with Crippen molar-refractivity contribution in [3.63, 3.8) is 0 Å². The van der Waals surface area contributed by atoms with Gasteiger partial charge in [0.15, 0.2) is 0 Å².